The molecule has 0 fully saturated rings. The van der Waals surface area contributed by atoms with Gasteiger partial charge in [-0.15, -0.1) is 0 Å². The molecule has 0 saturated heterocycles. The van der Waals surface area contributed by atoms with E-state index in [0.717, 1.165) is 29.7 Å². The lowest BCUT2D eigenvalue weighted by Crippen LogP contribution is -2.08. The van der Waals surface area contributed by atoms with Gasteiger partial charge in [-0.2, -0.15) is 0 Å². The SMILES string of the molecule is COC(=O)C1=C(C(=O)OC)SC(=C(C)C(=S)/C=N/O)S1. The number of hydrogen-bond acceptors (Lipinski definition) is 9. The second-order valence-corrected chi connectivity index (χ2v) is 6.11. The monoisotopic (exact) mass is 333 g/mol. The van der Waals surface area contributed by atoms with Crippen LogP contribution in [0.15, 0.2) is 24.8 Å². The number of carbonyl (C=O) groups is 2. The Morgan fingerprint density at radius 2 is 1.65 bits per heavy atom. The Morgan fingerprint density at radius 1 is 1.20 bits per heavy atom. The summed E-state index contributed by atoms with van der Waals surface area (Å²) in [4.78, 5) is 23.9. The molecule has 0 radical (unpaired) electrons. The minimum atomic E-state index is -0.618. The molecule has 6 nitrogen and oxygen atoms in total. The van der Waals surface area contributed by atoms with Gasteiger partial charge in [0.05, 0.1) is 29.5 Å². The van der Waals surface area contributed by atoms with Gasteiger partial charge in [-0.25, -0.2) is 9.59 Å². The molecule has 1 aliphatic heterocycles. The van der Waals surface area contributed by atoms with Gasteiger partial charge in [-0.1, -0.05) is 40.9 Å². The molecule has 9 heteroatoms. The molecule has 0 amide bonds. The highest BCUT2D eigenvalue weighted by molar-refractivity contribution is 8.29. The summed E-state index contributed by atoms with van der Waals surface area (Å²) in [5.41, 5.74) is 0.619. The fourth-order valence-electron chi connectivity index (χ4n) is 1.16. The van der Waals surface area contributed by atoms with E-state index < -0.39 is 11.9 Å². The van der Waals surface area contributed by atoms with Crippen molar-refractivity contribution in [2.45, 2.75) is 6.92 Å². The van der Waals surface area contributed by atoms with E-state index in [9.17, 15) is 9.59 Å². The van der Waals surface area contributed by atoms with Crippen LogP contribution >= 0.6 is 35.7 Å². The lowest BCUT2D eigenvalue weighted by Gasteiger charge is -2.02. The lowest BCUT2D eigenvalue weighted by molar-refractivity contribution is -0.138. The minimum absolute atomic E-state index is 0.155. The molecule has 0 aromatic carbocycles. The van der Waals surface area contributed by atoms with Crippen molar-refractivity contribution in [1.29, 1.82) is 0 Å². The molecule has 0 aromatic rings. The summed E-state index contributed by atoms with van der Waals surface area (Å²) in [6.07, 6.45) is 1.10. The third-order valence-corrected chi connectivity index (χ3v) is 5.36. The Balaban J connectivity index is 3.15. The molecule has 0 spiro atoms. The predicted octanol–water partition coefficient (Wildman–Crippen LogP) is 2.09. The van der Waals surface area contributed by atoms with E-state index in [0.29, 0.717) is 14.7 Å². The molecule has 0 unspecified atom stereocenters. The van der Waals surface area contributed by atoms with Crippen molar-refractivity contribution in [3.05, 3.63) is 19.6 Å². The molecular weight excluding hydrogens is 322 g/mol. The average Bonchev–Trinajstić information content (AvgIpc) is 2.90. The van der Waals surface area contributed by atoms with Gasteiger partial charge >= 0.3 is 11.9 Å². The zero-order chi connectivity index (χ0) is 15.3. The van der Waals surface area contributed by atoms with E-state index in [-0.39, 0.29) is 9.81 Å². The number of rotatable bonds is 4. The lowest BCUT2D eigenvalue weighted by atomic mass is 10.3. The Morgan fingerprint density at radius 3 is 2.00 bits per heavy atom. The zero-order valence-electron chi connectivity index (χ0n) is 10.8. The minimum Gasteiger partial charge on any atom is -0.465 e. The number of esters is 2. The maximum atomic E-state index is 11.7. The fourth-order valence-corrected chi connectivity index (χ4v) is 3.93. The summed E-state index contributed by atoms with van der Waals surface area (Å²) in [6.45, 7) is 1.70. The number of methoxy groups -OCH3 is 2. The van der Waals surface area contributed by atoms with Gasteiger partial charge < -0.3 is 14.7 Å². The van der Waals surface area contributed by atoms with Crippen LogP contribution in [0.25, 0.3) is 0 Å². The Labute approximate surface area is 129 Å². The maximum Gasteiger partial charge on any atom is 0.346 e. The molecule has 0 saturated carbocycles. The summed E-state index contributed by atoms with van der Waals surface area (Å²) in [6, 6.07) is 0. The van der Waals surface area contributed by atoms with E-state index in [1.807, 2.05) is 0 Å². The molecule has 1 heterocycles. The van der Waals surface area contributed by atoms with Crippen molar-refractivity contribution in [3.8, 4) is 0 Å². The number of carbonyl (C=O) groups excluding carboxylic acids is 2. The zero-order valence-corrected chi connectivity index (χ0v) is 13.3. The largest absolute Gasteiger partial charge is 0.465 e. The molecule has 0 aromatic heterocycles. The van der Waals surface area contributed by atoms with Crippen molar-refractivity contribution in [2.75, 3.05) is 14.2 Å². The highest BCUT2D eigenvalue weighted by Crippen LogP contribution is 2.51. The molecule has 1 aliphatic rings. The fraction of sp³-hybridized carbons (Fsp3) is 0.273. The van der Waals surface area contributed by atoms with Crippen LogP contribution in [0.3, 0.4) is 0 Å². The van der Waals surface area contributed by atoms with Crippen molar-refractivity contribution in [1.82, 2.24) is 0 Å². The molecule has 0 bridgehead atoms. The van der Waals surface area contributed by atoms with Gasteiger partial charge in [0.1, 0.15) is 9.81 Å². The van der Waals surface area contributed by atoms with Gasteiger partial charge in [0, 0.05) is 0 Å². The van der Waals surface area contributed by atoms with Crippen LogP contribution in [0.5, 0.6) is 0 Å². The Kier molecular flexibility index (Phi) is 6.24. The third-order valence-electron chi connectivity index (χ3n) is 2.19. The Bertz CT molecular complexity index is 520. The van der Waals surface area contributed by atoms with Gasteiger partial charge in [0.2, 0.25) is 0 Å². The number of allylic oxidation sites excluding steroid dienone is 1. The smallest absolute Gasteiger partial charge is 0.346 e. The summed E-state index contributed by atoms with van der Waals surface area (Å²) in [5, 5.41) is 11.3. The number of ether oxygens (including phenoxy) is 2. The highest BCUT2D eigenvalue weighted by atomic mass is 32.2. The maximum absolute atomic E-state index is 11.7. The van der Waals surface area contributed by atoms with Crippen molar-refractivity contribution in [2.24, 2.45) is 5.16 Å². The predicted molar refractivity (Wildman–Crippen MR) is 81.8 cm³/mol. The molecule has 0 aliphatic carbocycles. The first-order chi connectivity index (χ1) is 9.46. The van der Waals surface area contributed by atoms with Gasteiger partial charge in [0.15, 0.2) is 0 Å². The van der Waals surface area contributed by atoms with E-state index >= 15 is 0 Å². The summed E-state index contributed by atoms with van der Waals surface area (Å²) in [5.74, 6) is -1.24. The first-order valence-corrected chi connectivity index (χ1v) is 7.19. The second kappa shape index (κ2) is 7.46. The molecule has 1 rings (SSSR count). The first-order valence-electron chi connectivity index (χ1n) is 5.15. The van der Waals surface area contributed by atoms with Crippen molar-refractivity contribution >= 4 is 58.8 Å². The number of thiocarbonyl (C=S) groups is 1. The van der Waals surface area contributed by atoms with E-state index in [1.165, 1.54) is 14.2 Å². The van der Waals surface area contributed by atoms with Crippen LogP contribution < -0.4 is 0 Å². The molecular formula is C11H11NO5S3. The van der Waals surface area contributed by atoms with Crippen LogP contribution in [0.4, 0.5) is 0 Å². The summed E-state index contributed by atoms with van der Waals surface area (Å²) >= 11 is 7.18. The molecule has 108 valence electrons. The number of hydrogen-bond donors (Lipinski definition) is 1. The highest BCUT2D eigenvalue weighted by Gasteiger charge is 2.33. The Hall–Kier alpha value is -1.32. The summed E-state index contributed by atoms with van der Waals surface area (Å²) in [7, 11) is 2.46. The van der Waals surface area contributed by atoms with Crippen LogP contribution in [0, 0.1) is 0 Å². The van der Waals surface area contributed by atoms with Gasteiger partial charge in [0.25, 0.3) is 0 Å². The van der Waals surface area contributed by atoms with E-state index in [2.05, 4.69) is 14.6 Å². The normalized spacial score (nSPS) is 14.7. The van der Waals surface area contributed by atoms with Crippen molar-refractivity contribution < 1.29 is 24.3 Å². The van der Waals surface area contributed by atoms with Crippen LogP contribution in [0.2, 0.25) is 0 Å². The van der Waals surface area contributed by atoms with Crippen molar-refractivity contribution in [3.63, 3.8) is 0 Å². The number of oxime groups is 1. The third kappa shape index (κ3) is 3.62. The van der Waals surface area contributed by atoms with Crippen LogP contribution in [-0.2, 0) is 19.1 Å². The van der Waals surface area contributed by atoms with Crippen LogP contribution in [-0.4, -0.2) is 42.4 Å². The second-order valence-electron chi connectivity index (χ2n) is 3.37. The average molecular weight is 333 g/mol. The quantitative estimate of drug-likeness (QED) is 0.209. The van der Waals surface area contributed by atoms with E-state index in [1.54, 1.807) is 6.92 Å². The molecule has 0 atom stereocenters. The van der Waals surface area contributed by atoms with Gasteiger partial charge in [-0.05, 0) is 12.5 Å². The van der Waals surface area contributed by atoms with E-state index in [4.69, 9.17) is 17.4 Å². The first kappa shape index (κ1) is 16.7. The standard InChI is InChI=1S/C11H11NO5S3/c1-5(6(18)4-12-15)11-19-7(9(13)16-2)8(20-11)10(14)17-3/h4,15H,1-3H3/b12-4+. The molecule has 20 heavy (non-hydrogen) atoms. The number of nitrogens with zero attached hydrogens (tertiary/aromatic N) is 1. The summed E-state index contributed by atoms with van der Waals surface area (Å²) < 4.78 is 9.90. The number of thioether (sulfide) groups is 2. The van der Waals surface area contributed by atoms with Gasteiger partial charge in [-0.3, -0.25) is 0 Å². The molecule has 1 N–H and O–H groups in total. The topological polar surface area (TPSA) is 85.2 Å². The van der Waals surface area contributed by atoms with Crippen LogP contribution in [0.1, 0.15) is 6.92 Å².